The molecule has 1 amide bonds. The molecule has 7 heteroatoms. The fourth-order valence-electron chi connectivity index (χ4n) is 2.51. The van der Waals surface area contributed by atoms with Gasteiger partial charge in [-0.05, 0) is 23.8 Å². The van der Waals surface area contributed by atoms with Crippen LogP contribution in [0.25, 0.3) is 6.08 Å². The number of benzene rings is 1. The van der Waals surface area contributed by atoms with E-state index in [-0.39, 0.29) is 11.5 Å². The van der Waals surface area contributed by atoms with Gasteiger partial charge in [-0.2, -0.15) is 5.26 Å². The number of carbonyl (C=O) groups excluding carboxylic acids is 1. The van der Waals surface area contributed by atoms with E-state index in [0.717, 1.165) is 32.8 Å². The highest BCUT2D eigenvalue weighted by Gasteiger charge is 2.13. The lowest BCUT2D eigenvalue weighted by Gasteiger charge is -2.26. The molecule has 134 valence electrons. The number of carbonyl (C=O) groups is 1. The quantitative estimate of drug-likeness (QED) is 0.588. The van der Waals surface area contributed by atoms with Crippen LogP contribution in [0.2, 0.25) is 0 Å². The van der Waals surface area contributed by atoms with Gasteiger partial charge in [0.25, 0.3) is 5.91 Å². The standard InChI is InChI=1S/C18H23N3O4/c1-23-16-4-3-14(12-17(16)24-2)11-15(13-19)18(22)20-5-6-21-7-9-25-10-8-21/h3-4,11-12H,5-10H2,1-2H3,(H,20,22)/b15-11+. The minimum Gasteiger partial charge on any atom is -0.493 e. The predicted octanol–water partition coefficient (Wildman–Crippen LogP) is 1.06. The third kappa shape index (κ3) is 5.48. The van der Waals surface area contributed by atoms with Crippen LogP contribution in [0.3, 0.4) is 0 Å². The molecule has 1 aliphatic rings. The number of amides is 1. The molecular formula is C18H23N3O4. The van der Waals surface area contributed by atoms with Gasteiger partial charge in [0.05, 0.1) is 27.4 Å². The maximum atomic E-state index is 12.2. The second-order valence-corrected chi connectivity index (χ2v) is 5.49. The van der Waals surface area contributed by atoms with Crippen molar-refractivity contribution in [2.45, 2.75) is 0 Å². The Morgan fingerprint density at radius 3 is 2.68 bits per heavy atom. The number of hydrogen-bond donors (Lipinski definition) is 1. The van der Waals surface area contributed by atoms with E-state index in [9.17, 15) is 10.1 Å². The summed E-state index contributed by atoms with van der Waals surface area (Å²) in [5.41, 5.74) is 0.742. The normalized spacial score (nSPS) is 15.3. The minimum atomic E-state index is -0.384. The minimum absolute atomic E-state index is 0.0502. The number of nitrogens with zero attached hydrogens (tertiary/aromatic N) is 2. The second-order valence-electron chi connectivity index (χ2n) is 5.49. The average Bonchev–Trinajstić information content (AvgIpc) is 2.66. The van der Waals surface area contributed by atoms with Gasteiger partial charge >= 0.3 is 0 Å². The van der Waals surface area contributed by atoms with Crippen LogP contribution < -0.4 is 14.8 Å². The maximum absolute atomic E-state index is 12.2. The molecule has 25 heavy (non-hydrogen) atoms. The smallest absolute Gasteiger partial charge is 0.261 e. The number of ether oxygens (including phenoxy) is 3. The van der Waals surface area contributed by atoms with Crippen molar-refractivity contribution in [3.63, 3.8) is 0 Å². The van der Waals surface area contributed by atoms with Gasteiger partial charge in [-0.15, -0.1) is 0 Å². The Balaban J connectivity index is 1.96. The van der Waals surface area contributed by atoms with E-state index in [1.165, 1.54) is 13.2 Å². The average molecular weight is 345 g/mol. The van der Waals surface area contributed by atoms with Crippen LogP contribution in [-0.2, 0) is 9.53 Å². The molecule has 0 aliphatic carbocycles. The van der Waals surface area contributed by atoms with E-state index in [4.69, 9.17) is 14.2 Å². The van der Waals surface area contributed by atoms with Crippen molar-refractivity contribution in [2.24, 2.45) is 0 Å². The Morgan fingerprint density at radius 2 is 2.04 bits per heavy atom. The lowest BCUT2D eigenvalue weighted by molar-refractivity contribution is -0.117. The molecule has 0 bridgehead atoms. The highest BCUT2D eigenvalue weighted by atomic mass is 16.5. The van der Waals surface area contributed by atoms with E-state index in [0.29, 0.717) is 23.6 Å². The molecule has 1 aromatic carbocycles. The lowest BCUT2D eigenvalue weighted by Crippen LogP contribution is -2.41. The zero-order valence-electron chi connectivity index (χ0n) is 14.6. The molecule has 0 unspecified atom stereocenters. The monoisotopic (exact) mass is 345 g/mol. The van der Waals surface area contributed by atoms with Crippen molar-refractivity contribution in [3.8, 4) is 17.6 Å². The molecule has 7 nitrogen and oxygen atoms in total. The van der Waals surface area contributed by atoms with E-state index in [1.54, 1.807) is 25.3 Å². The third-order valence-corrected chi connectivity index (χ3v) is 3.90. The maximum Gasteiger partial charge on any atom is 0.261 e. The van der Waals surface area contributed by atoms with Crippen molar-refractivity contribution in [1.29, 1.82) is 5.26 Å². The van der Waals surface area contributed by atoms with E-state index in [1.807, 2.05) is 6.07 Å². The highest BCUT2D eigenvalue weighted by molar-refractivity contribution is 6.01. The summed E-state index contributed by atoms with van der Waals surface area (Å²) in [5, 5.41) is 12.1. The first-order valence-electron chi connectivity index (χ1n) is 8.10. The highest BCUT2D eigenvalue weighted by Crippen LogP contribution is 2.28. The molecule has 0 aromatic heterocycles. The Kier molecular flexibility index (Phi) is 7.26. The summed E-state index contributed by atoms with van der Waals surface area (Å²) < 4.78 is 15.7. The van der Waals surface area contributed by atoms with Gasteiger partial charge in [0.2, 0.25) is 0 Å². The van der Waals surface area contributed by atoms with Crippen LogP contribution >= 0.6 is 0 Å². The van der Waals surface area contributed by atoms with Crippen LogP contribution in [-0.4, -0.2) is 64.4 Å². The van der Waals surface area contributed by atoms with Crippen LogP contribution in [0.15, 0.2) is 23.8 Å². The topological polar surface area (TPSA) is 83.8 Å². The van der Waals surface area contributed by atoms with Crippen LogP contribution in [0.5, 0.6) is 11.5 Å². The number of morpholine rings is 1. The summed E-state index contributed by atoms with van der Waals surface area (Å²) in [7, 11) is 3.09. The molecule has 0 radical (unpaired) electrons. The fourth-order valence-corrected chi connectivity index (χ4v) is 2.51. The van der Waals surface area contributed by atoms with Gasteiger partial charge in [-0.1, -0.05) is 6.07 Å². The van der Waals surface area contributed by atoms with Gasteiger partial charge < -0.3 is 19.5 Å². The Morgan fingerprint density at radius 1 is 1.32 bits per heavy atom. The lowest BCUT2D eigenvalue weighted by atomic mass is 10.1. The Hall–Kier alpha value is -2.56. The molecule has 0 atom stereocenters. The molecule has 1 saturated heterocycles. The summed E-state index contributed by atoms with van der Waals surface area (Å²) in [6.45, 7) is 4.39. The SMILES string of the molecule is COc1ccc(/C=C(\C#N)C(=O)NCCN2CCOCC2)cc1OC. The summed E-state index contributed by atoms with van der Waals surface area (Å²) in [6, 6.07) is 7.16. The molecular weight excluding hydrogens is 322 g/mol. The zero-order chi connectivity index (χ0) is 18.1. The van der Waals surface area contributed by atoms with Crippen molar-refractivity contribution in [1.82, 2.24) is 10.2 Å². The molecule has 1 aromatic rings. The third-order valence-electron chi connectivity index (χ3n) is 3.90. The van der Waals surface area contributed by atoms with Crippen molar-refractivity contribution < 1.29 is 19.0 Å². The van der Waals surface area contributed by atoms with Crippen molar-refractivity contribution in [2.75, 3.05) is 53.6 Å². The second kappa shape index (κ2) is 9.67. The number of rotatable bonds is 7. The van der Waals surface area contributed by atoms with Gasteiger partial charge in [0.1, 0.15) is 11.6 Å². The van der Waals surface area contributed by atoms with Crippen LogP contribution in [0, 0.1) is 11.3 Å². The number of hydrogen-bond acceptors (Lipinski definition) is 6. The van der Waals surface area contributed by atoms with Crippen molar-refractivity contribution >= 4 is 12.0 Å². The summed E-state index contributed by atoms with van der Waals surface area (Å²) in [4.78, 5) is 14.4. The van der Waals surface area contributed by atoms with Crippen LogP contribution in [0.1, 0.15) is 5.56 Å². The molecule has 1 heterocycles. The first kappa shape index (κ1) is 18.8. The van der Waals surface area contributed by atoms with Crippen molar-refractivity contribution in [3.05, 3.63) is 29.3 Å². The van der Waals surface area contributed by atoms with Crippen LogP contribution in [0.4, 0.5) is 0 Å². The van der Waals surface area contributed by atoms with Gasteiger partial charge in [-0.3, -0.25) is 9.69 Å². The number of nitriles is 1. The van der Waals surface area contributed by atoms with E-state index >= 15 is 0 Å². The first-order chi connectivity index (χ1) is 12.2. The van der Waals surface area contributed by atoms with Gasteiger partial charge in [0.15, 0.2) is 11.5 Å². The molecule has 1 aliphatic heterocycles. The molecule has 0 saturated carbocycles. The van der Waals surface area contributed by atoms with Gasteiger partial charge in [-0.25, -0.2) is 0 Å². The Labute approximate surface area is 147 Å². The number of methoxy groups -OCH3 is 2. The molecule has 1 N–H and O–H groups in total. The zero-order valence-corrected chi connectivity index (χ0v) is 14.6. The number of nitrogens with one attached hydrogen (secondary N) is 1. The van der Waals surface area contributed by atoms with E-state index < -0.39 is 0 Å². The molecule has 1 fully saturated rings. The summed E-state index contributed by atoms with van der Waals surface area (Å²) in [5.74, 6) is 0.750. The summed E-state index contributed by atoms with van der Waals surface area (Å²) >= 11 is 0. The Bertz CT molecular complexity index is 661. The molecule has 2 rings (SSSR count). The largest absolute Gasteiger partial charge is 0.493 e. The van der Waals surface area contributed by atoms with Gasteiger partial charge in [0, 0.05) is 26.2 Å². The first-order valence-corrected chi connectivity index (χ1v) is 8.10. The van der Waals surface area contributed by atoms with E-state index in [2.05, 4.69) is 10.2 Å². The molecule has 0 spiro atoms. The summed E-state index contributed by atoms with van der Waals surface area (Å²) in [6.07, 6.45) is 1.53. The fraction of sp³-hybridized carbons (Fsp3) is 0.444. The predicted molar refractivity (Wildman–Crippen MR) is 93.4 cm³/mol.